The highest BCUT2D eigenvalue weighted by molar-refractivity contribution is 5.81. The zero-order valence-corrected chi connectivity index (χ0v) is 16.9. The van der Waals surface area contributed by atoms with Gasteiger partial charge in [0.1, 0.15) is 29.5 Å². The molecule has 3 aromatic rings. The number of carboxylic acid groups (broad SMARTS) is 1. The number of fused-ring (bicyclic) bond motifs is 1. The average molecular weight is 400 g/mol. The minimum Gasteiger partial charge on any atom is -0.488 e. The van der Waals surface area contributed by atoms with Crippen molar-refractivity contribution in [2.24, 2.45) is 0 Å². The first-order chi connectivity index (χ1) is 13.9. The molecule has 1 heterocycles. The highest BCUT2D eigenvalue weighted by Crippen LogP contribution is 2.29. The molecule has 5 nitrogen and oxygen atoms in total. The van der Waals surface area contributed by atoms with E-state index in [-0.39, 0.29) is 18.8 Å². The van der Waals surface area contributed by atoms with Gasteiger partial charge in [-0.3, -0.25) is 4.79 Å². The number of hydrogen-bond donors (Lipinski definition) is 1. The van der Waals surface area contributed by atoms with Crippen LogP contribution >= 0.6 is 0 Å². The third-order valence-electron chi connectivity index (χ3n) is 5.10. The Hall–Kier alpha value is -2.86. The third kappa shape index (κ3) is 4.95. The van der Waals surface area contributed by atoms with E-state index in [1.165, 1.54) is 12.1 Å². The first-order valence-electron chi connectivity index (χ1n) is 9.52. The monoisotopic (exact) mass is 400 g/mol. The van der Waals surface area contributed by atoms with E-state index >= 15 is 0 Å². The van der Waals surface area contributed by atoms with Crippen molar-refractivity contribution >= 4 is 16.9 Å². The molecular formula is C23H25FO5. The Balaban J connectivity index is 1.80. The van der Waals surface area contributed by atoms with Gasteiger partial charge in [0.25, 0.3) is 0 Å². The Morgan fingerprint density at radius 1 is 1.10 bits per heavy atom. The highest BCUT2D eigenvalue weighted by atomic mass is 19.1. The minimum atomic E-state index is -0.819. The van der Waals surface area contributed by atoms with Gasteiger partial charge in [0.15, 0.2) is 0 Å². The summed E-state index contributed by atoms with van der Waals surface area (Å²) < 4.78 is 31.0. The summed E-state index contributed by atoms with van der Waals surface area (Å²) in [6.45, 7) is 4.58. The molecule has 0 amide bonds. The zero-order chi connectivity index (χ0) is 21.0. The molecule has 0 aliphatic carbocycles. The topological polar surface area (TPSA) is 68.9 Å². The van der Waals surface area contributed by atoms with Crippen molar-refractivity contribution in [2.45, 2.75) is 39.7 Å². The number of furan rings is 1. The summed E-state index contributed by atoms with van der Waals surface area (Å²) in [6.07, 6.45) is 1.18. The maximum Gasteiger partial charge on any atom is 0.303 e. The van der Waals surface area contributed by atoms with Crippen molar-refractivity contribution in [3.8, 4) is 5.75 Å². The Morgan fingerprint density at radius 2 is 1.90 bits per heavy atom. The van der Waals surface area contributed by atoms with Crippen LogP contribution < -0.4 is 4.74 Å². The molecule has 0 spiro atoms. The summed E-state index contributed by atoms with van der Waals surface area (Å²) in [5, 5.41) is 9.59. The Labute approximate surface area is 169 Å². The van der Waals surface area contributed by atoms with Crippen LogP contribution in [0, 0.1) is 19.7 Å². The van der Waals surface area contributed by atoms with Crippen LogP contribution in [0.5, 0.6) is 5.75 Å². The second kappa shape index (κ2) is 9.09. The summed E-state index contributed by atoms with van der Waals surface area (Å²) in [5.41, 5.74) is 4.19. The molecule has 29 heavy (non-hydrogen) atoms. The van der Waals surface area contributed by atoms with Crippen LogP contribution in [0.4, 0.5) is 4.39 Å². The molecule has 2 aromatic carbocycles. The number of carboxylic acids is 1. The first kappa shape index (κ1) is 20.9. The molecule has 0 saturated heterocycles. The molecule has 6 heteroatoms. The fraction of sp³-hybridized carbons (Fsp3) is 0.348. The predicted molar refractivity (Wildman–Crippen MR) is 108 cm³/mol. The Kier molecular flexibility index (Phi) is 6.54. The van der Waals surface area contributed by atoms with E-state index < -0.39 is 5.97 Å². The van der Waals surface area contributed by atoms with Crippen LogP contribution in [-0.2, 0) is 29.0 Å². The molecule has 154 valence electrons. The number of hydrogen-bond acceptors (Lipinski definition) is 4. The summed E-state index contributed by atoms with van der Waals surface area (Å²) in [5.74, 6) is 0.265. The molecule has 0 atom stereocenters. The van der Waals surface area contributed by atoms with Gasteiger partial charge >= 0.3 is 5.97 Å². The van der Waals surface area contributed by atoms with Gasteiger partial charge in [-0.1, -0.05) is 6.07 Å². The smallest absolute Gasteiger partial charge is 0.303 e. The molecular weight excluding hydrogens is 375 g/mol. The van der Waals surface area contributed by atoms with E-state index in [0.29, 0.717) is 41.7 Å². The maximum absolute atomic E-state index is 14.1. The number of methoxy groups -OCH3 is 1. The number of benzene rings is 2. The highest BCUT2D eigenvalue weighted by Gasteiger charge is 2.13. The normalized spacial score (nSPS) is 11.2. The fourth-order valence-electron chi connectivity index (χ4n) is 3.35. The van der Waals surface area contributed by atoms with Crippen LogP contribution in [-0.4, -0.2) is 24.8 Å². The van der Waals surface area contributed by atoms with Crippen molar-refractivity contribution in [3.05, 3.63) is 64.2 Å². The third-order valence-corrected chi connectivity index (χ3v) is 5.10. The molecule has 3 rings (SSSR count). The lowest BCUT2D eigenvalue weighted by Gasteiger charge is -2.14. The van der Waals surface area contributed by atoms with E-state index in [0.717, 1.165) is 22.5 Å². The van der Waals surface area contributed by atoms with Crippen molar-refractivity contribution in [2.75, 3.05) is 13.7 Å². The van der Waals surface area contributed by atoms with Gasteiger partial charge in [-0.05, 0) is 61.2 Å². The van der Waals surface area contributed by atoms with Gasteiger partial charge in [0, 0.05) is 30.9 Å². The lowest BCUT2D eigenvalue weighted by atomic mass is 9.99. The predicted octanol–water partition coefficient (Wildman–Crippen LogP) is 4.97. The van der Waals surface area contributed by atoms with Crippen LogP contribution in [0.2, 0.25) is 0 Å². The molecule has 0 aliphatic heterocycles. The number of halogens is 1. The zero-order valence-electron chi connectivity index (χ0n) is 16.9. The van der Waals surface area contributed by atoms with E-state index in [1.807, 2.05) is 32.0 Å². The number of aryl methyl sites for hydroxylation is 1. The van der Waals surface area contributed by atoms with Crippen LogP contribution in [0.3, 0.4) is 0 Å². The maximum atomic E-state index is 14.1. The first-order valence-corrected chi connectivity index (χ1v) is 9.52. The second-order valence-electron chi connectivity index (χ2n) is 7.09. The van der Waals surface area contributed by atoms with Gasteiger partial charge < -0.3 is 19.0 Å². The lowest BCUT2D eigenvalue weighted by molar-refractivity contribution is -0.136. The molecule has 0 unspecified atom stereocenters. The minimum absolute atomic E-state index is 0.0889. The van der Waals surface area contributed by atoms with E-state index in [4.69, 9.17) is 19.0 Å². The van der Waals surface area contributed by atoms with Crippen molar-refractivity contribution in [1.29, 1.82) is 0 Å². The van der Waals surface area contributed by atoms with Crippen molar-refractivity contribution < 1.29 is 28.2 Å². The van der Waals surface area contributed by atoms with E-state index in [2.05, 4.69) is 0 Å². The Morgan fingerprint density at radius 3 is 2.62 bits per heavy atom. The van der Waals surface area contributed by atoms with Gasteiger partial charge in [-0.2, -0.15) is 0 Å². The number of ether oxygens (including phenoxy) is 2. The number of rotatable bonds is 9. The van der Waals surface area contributed by atoms with Crippen molar-refractivity contribution in [1.82, 2.24) is 0 Å². The van der Waals surface area contributed by atoms with Gasteiger partial charge in [0.2, 0.25) is 0 Å². The standard InChI is InChI=1S/C23H25FO5/c1-14-15(2)21(6-4-16(14)5-7-22(25)26)28-13-18-11-19(24)10-17-12-20(8-9-27-3)29-23(17)18/h4,6,10-12H,5,7-9,13H2,1-3H3,(H,25,26). The fourth-order valence-corrected chi connectivity index (χ4v) is 3.35. The molecule has 0 fully saturated rings. The lowest BCUT2D eigenvalue weighted by Crippen LogP contribution is -2.03. The molecule has 0 aliphatic rings. The Bertz CT molecular complexity index is 1020. The molecule has 0 saturated carbocycles. The van der Waals surface area contributed by atoms with Crippen LogP contribution in [0.25, 0.3) is 11.0 Å². The van der Waals surface area contributed by atoms with Crippen LogP contribution in [0.15, 0.2) is 34.7 Å². The summed E-state index contributed by atoms with van der Waals surface area (Å²) in [4.78, 5) is 10.8. The van der Waals surface area contributed by atoms with E-state index in [1.54, 1.807) is 7.11 Å². The van der Waals surface area contributed by atoms with E-state index in [9.17, 15) is 9.18 Å². The SMILES string of the molecule is COCCc1cc2cc(F)cc(COc3ccc(CCC(=O)O)c(C)c3C)c2o1. The molecule has 1 N–H and O–H groups in total. The van der Waals surface area contributed by atoms with Gasteiger partial charge in [-0.15, -0.1) is 0 Å². The van der Waals surface area contributed by atoms with Crippen molar-refractivity contribution in [3.63, 3.8) is 0 Å². The second-order valence-corrected chi connectivity index (χ2v) is 7.09. The number of aliphatic carboxylic acids is 1. The number of carbonyl (C=O) groups is 1. The molecule has 1 aromatic heterocycles. The summed E-state index contributed by atoms with van der Waals surface area (Å²) >= 11 is 0. The van der Waals surface area contributed by atoms with Gasteiger partial charge in [0.05, 0.1) is 6.61 Å². The summed E-state index contributed by atoms with van der Waals surface area (Å²) in [7, 11) is 1.62. The molecule has 0 bridgehead atoms. The van der Waals surface area contributed by atoms with Crippen LogP contribution in [0.1, 0.15) is 34.4 Å². The quantitative estimate of drug-likeness (QED) is 0.549. The average Bonchev–Trinajstić information content (AvgIpc) is 3.09. The van der Waals surface area contributed by atoms with Gasteiger partial charge in [-0.25, -0.2) is 4.39 Å². The summed E-state index contributed by atoms with van der Waals surface area (Å²) in [6, 6.07) is 8.42. The molecule has 0 radical (unpaired) electrons. The largest absolute Gasteiger partial charge is 0.488 e.